The molecule has 2 fully saturated rings. The summed E-state index contributed by atoms with van der Waals surface area (Å²) < 4.78 is 4.89. The molecule has 0 saturated carbocycles. The van der Waals surface area contributed by atoms with Gasteiger partial charge in [-0.25, -0.2) is 0 Å². The largest absolute Gasteiger partial charge is 0.469 e. The molecule has 2 saturated heterocycles. The molecular weight excluding hydrogens is 316 g/mol. The summed E-state index contributed by atoms with van der Waals surface area (Å²) in [6.07, 6.45) is 4.16. The van der Waals surface area contributed by atoms with Crippen molar-refractivity contribution in [2.45, 2.75) is 37.6 Å². The molecule has 3 aliphatic rings. The first-order chi connectivity index (χ1) is 12.1. The van der Waals surface area contributed by atoms with Crippen molar-refractivity contribution in [2.75, 3.05) is 25.5 Å². The van der Waals surface area contributed by atoms with Crippen LogP contribution >= 0.6 is 0 Å². The van der Waals surface area contributed by atoms with Crippen molar-refractivity contribution < 1.29 is 14.3 Å². The lowest BCUT2D eigenvalue weighted by molar-refractivity contribution is -0.141. The average Bonchev–Trinajstić information content (AvgIpc) is 3.14. The van der Waals surface area contributed by atoms with Crippen LogP contribution in [-0.2, 0) is 19.7 Å². The van der Waals surface area contributed by atoms with Gasteiger partial charge in [0.05, 0.1) is 18.9 Å². The highest BCUT2D eigenvalue weighted by Gasteiger charge is 2.59. The molecule has 0 unspecified atom stereocenters. The van der Waals surface area contributed by atoms with Crippen LogP contribution in [-0.4, -0.2) is 43.0 Å². The SMILES string of the molecule is CC=C1CN2CC[C@@]3(C(=O)Nc4ccccc43)[C@@H]2C[C@@H]1CC(=O)OC. The number of ether oxygens (including phenoxy) is 1. The normalized spacial score (nSPS) is 32.6. The van der Waals surface area contributed by atoms with Crippen molar-refractivity contribution in [1.82, 2.24) is 4.90 Å². The van der Waals surface area contributed by atoms with Gasteiger partial charge < -0.3 is 10.1 Å². The molecule has 4 rings (SSSR count). The Morgan fingerprint density at radius 2 is 2.24 bits per heavy atom. The Balaban J connectivity index is 1.70. The van der Waals surface area contributed by atoms with Gasteiger partial charge in [0.15, 0.2) is 0 Å². The van der Waals surface area contributed by atoms with Crippen LogP contribution < -0.4 is 5.32 Å². The number of fused-ring (bicyclic) bond motifs is 4. The molecule has 0 radical (unpaired) electrons. The summed E-state index contributed by atoms with van der Waals surface area (Å²) >= 11 is 0. The molecule has 1 amide bonds. The summed E-state index contributed by atoms with van der Waals surface area (Å²) in [6, 6.07) is 8.17. The predicted molar refractivity (Wildman–Crippen MR) is 95.2 cm³/mol. The summed E-state index contributed by atoms with van der Waals surface area (Å²) in [6.45, 7) is 3.78. The number of nitrogens with zero attached hydrogens (tertiary/aromatic N) is 1. The number of hydrogen-bond acceptors (Lipinski definition) is 4. The lowest BCUT2D eigenvalue weighted by atomic mass is 9.70. The maximum absolute atomic E-state index is 13.0. The number of carbonyl (C=O) groups excluding carboxylic acids is 2. The molecular formula is C20H24N2O3. The molecule has 0 aliphatic carbocycles. The summed E-state index contributed by atoms with van der Waals surface area (Å²) in [7, 11) is 1.44. The number of amides is 1. The van der Waals surface area contributed by atoms with E-state index in [1.165, 1.54) is 12.7 Å². The first kappa shape index (κ1) is 16.3. The van der Waals surface area contributed by atoms with Gasteiger partial charge in [0, 0.05) is 24.8 Å². The molecule has 3 aliphatic heterocycles. The van der Waals surface area contributed by atoms with Crippen LogP contribution in [0.15, 0.2) is 35.9 Å². The Labute approximate surface area is 148 Å². The minimum absolute atomic E-state index is 0.113. The fraction of sp³-hybridized carbons (Fsp3) is 0.500. The van der Waals surface area contributed by atoms with Gasteiger partial charge in [-0.05, 0) is 37.3 Å². The third kappa shape index (κ3) is 2.33. The van der Waals surface area contributed by atoms with Gasteiger partial charge in [0.25, 0.3) is 0 Å². The monoisotopic (exact) mass is 340 g/mol. The van der Waals surface area contributed by atoms with Crippen LogP contribution in [0.5, 0.6) is 0 Å². The molecule has 0 aromatic heterocycles. The molecule has 1 N–H and O–H groups in total. The second kappa shape index (κ2) is 5.99. The smallest absolute Gasteiger partial charge is 0.306 e. The van der Waals surface area contributed by atoms with Crippen LogP contribution in [0.25, 0.3) is 0 Å². The van der Waals surface area contributed by atoms with Gasteiger partial charge in [-0.1, -0.05) is 29.8 Å². The number of hydrogen-bond donors (Lipinski definition) is 1. The van der Waals surface area contributed by atoms with Gasteiger partial charge >= 0.3 is 5.97 Å². The molecule has 1 aromatic rings. The summed E-state index contributed by atoms with van der Waals surface area (Å²) in [5, 5.41) is 3.08. The number of piperidine rings is 1. The number of anilines is 1. The maximum atomic E-state index is 13.0. The van der Waals surface area contributed by atoms with Crippen molar-refractivity contribution in [3.05, 3.63) is 41.5 Å². The standard InChI is InChI=1S/C20H24N2O3/c1-3-13-12-22-9-8-20(17(22)10-14(13)11-18(23)25-2)15-6-4-5-7-16(15)21-19(20)24/h3-7,14,17H,8-12H2,1-2H3,(H,21,24)/t14-,17+,20+/m1/s1. The van der Waals surface area contributed by atoms with E-state index in [1.807, 2.05) is 25.1 Å². The van der Waals surface area contributed by atoms with Crippen molar-refractivity contribution in [3.63, 3.8) is 0 Å². The molecule has 3 heterocycles. The van der Waals surface area contributed by atoms with Crippen LogP contribution in [0.2, 0.25) is 0 Å². The number of carbonyl (C=O) groups is 2. The van der Waals surface area contributed by atoms with Crippen molar-refractivity contribution in [2.24, 2.45) is 5.92 Å². The number of methoxy groups -OCH3 is 1. The molecule has 5 nitrogen and oxygen atoms in total. The zero-order chi connectivity index (χ0) is 17.6. The quantitative estimate of drug-likeness (QED) is 0.664. The highest BCUT2D eigenvalue weighted by atomic mass is 16.5. The lowest BCUT2D eigenvalue weighted by Gasteiger charge is -2.42. The minimum atomic E-state index is -0.482. The van der Waals surface area contributed by atoms with E-state index in [9.17, 15) is 9.59 Å². The number of para-hydroxylation sites is 1. The van der Waals surface area contributed by atoms with Crippen LogP contribution in [0.4, 0.5) is 5.69 Å². The Morgan fingerprint density at radius 3 is 3.00 bits per heavy atom. The highest BCUT2D eigenvalue weighted by molar-refractivity contribution is 6.07. The van der Waals surface area contributed by atoms with Crippen molar-refractivity contribution in [3.8, 4) is 0 Å². The lowest BCUT2D eigenvalue weighted by Crippen LogP contribution is -2.51. The Hall–Kier alpha value is -2.14. The fourth-order valence-electron chi connectivity index (χ4n) is 5.02. The molecule has 1 aromatic carbocycles. The number of benzene rings is 1. The second-order valence-electron chi connectivity index (χ2n) is 7.28. The molecule has 132 valence electrons. The first-order valence-corrected chi connectivity index (χ1v) is 8.97. The third-order valence-corrected chi connectivity index (χ3v) is 6.29. The second-order valence-corrected chi connectivity index (χ2v) is 7.28. The molecule has 25 heavy (non-hydrogen) atoms. The van der Waals surface area contributed by atoms with E-state index < -0.39 is 5.41 Å². The van der Waals surface area contributed by atoms with E-state index in [1.54, 1.807) is 0 Å². The van der Waals surface area contributed by atoms with Crippen molar-refractivity contribution in [1.29, 1.82) is 0 Å². The Morgan fingerprint density at radius 1 is 1.44 bits per heavy atom. The predicted octanol–water partition coefficient (Wildman–Crippen LogP) is 2.48. The van der Waals surface area contributed by atoms with Crippen LogP contribution in [0, 0.1) is 5.92 Å². The van der Waals surface area contributed by atoms with Crippen molar-refractivity contribution >= 4 is 17.6 Å². The van der Waals surface area contributed by atoms with E-state index in [4.69, 9.17) is 4.74 Å². The fourth-order valence-corrected chi connectivity index (χ4v) is 5.02. The average molecular weight is 340 g/mol. The van der Waals surface area contributed by atoms with Gasteiger partial charge in [0.1, 0.15) is 0 Å². The zero-order valence-electron chi connectivity index (χ0n) is 14.7. The van der Waals surface area contributed by atoms with Gasteiger partial charge in [-0.15, -0.1) is 0 Å². The van der Waals surface area contributed by atoms with E-state index in [0.29, 0.717) is 6.42 Å². The summed E-state index contributed by atoms with van der Waals surface area (Å²) in [5.74, 6) is 0.0808. The van der Waals surface area contributed by atoms with E-state index in [2.05, 4.69) is 22.4 Å². The van der Waals surface area contributed by atoms with Gasteiger partial charge in [0.2, 0.25) is 5.91 Å². The molecule has 1 spiro atoms. The number of rotatable bonds is 2. The topological polar surface area (TPSA) is 58.6 Å². The molecule has 3 atom stereocenters. The van der Waals surface area contributed by atoms with Crippen LogP contribution in [0.3, 0.4) is 0 Å². The third-order valence-electron chi connectivity index (χ3n) is 6.29. The van der Waals surface area contributed by atoms with Gasteiger partial charge in [-0.2, -0.15) is 0 Å². The van der Waals surface area contributed by atoms with E-state index >= 15 is 0 Å². The first-order valence-electron chi connectivity index (χ1n) is 8.97. The zero-order valence-corrected chi connectivity index (χ0v) is 14.7. The van der Waals surface area contributed by atoms with E-state index in [-0.39, 0.29) is 23.8 Å². The Bertz CT molecular complexity index is 757. The van der Waals surface area contributed by atoms with Crippen LogP contribution in [0.1, 0.15) is 31.7 Å². The maximum Gasteiger partial charge on any atom is 0.306 e. The minimum Gasteiger partial charge on any atom is -0.469 e. The highest BCUT2D eigenvalue weighted by Crippen LogP contribution is 2.52. The summed E-state index contributed by atoms with van der Waals surface area (Å²) in [5.41, 5.74) is 2.86. The van der Waals surface area contributed by atoms with Gasteiger partial charge in [-0.3, -0.25) is 14.5 Å². The number of nitrogens with one attached hydrogen (secondary N) is 1. The molecule has 0 bridgehead atoms. The Kier molecular flexibility index (Phi) is 3.91. The molecule has 5 heteroatoms. The number of allylic oxidation sites excluding steroid dienone is 1. The van der Waals surface area contributed by atoms with E-state index in [0.717, 1.165) is 37.2 Å². The summed E-state index contributed by atoms with van der Waals surface area (Å²) in [4.78, 5) is 27.3. The number of esters is 1.